The highest BCUT2D eigenvalue weighted by molar-refractivity contribution is 6.01. The van der Waals surface area contributed by atoms with Crippen LogP contribution in [0.1, 0.15) is 183 Å². The standard InChI is InChI=1S/C61H96N8O15/c1-10-60(8,33-50(77)47-31-44(74)34-69(47)56(82)43(35-70)25-36(3)71)58(84)66-46(27-40-20-23-64-24-21-40)48(75)28-41(26-39-17-13-12-14-18-39)55(81)68-61(9,11-2)51(78)29-42(30-52(63)79)54(80)65-45(19-15-16-22-62)49(76)32-59(6,7)57(83)67-53(37(4)72)38(5)73/h20-21,23-24,37,39,41-47,53,70,72,74H,10-19,22,25-35,62H2,1-9H3,(H2,63,79)(H,65,80)(H,66,84)(H,67,83)(H,68,81)/t37-,41-,42+,43+,44+,45+,46+,47-,53+,60-,61+/m1/s1. The average molecular weight is 1180 g/mol. The summed E-state index contributed by atoms with van der Waals surface area (Å²) in [6.45, 7) is 12.5. The molecule has 0 bridgehead atoms. The predicted molar refractivity (Wildman–Crippen MR) is 310 cm³/mol. The Morgan fingerprint density at radius 3 is 1.95 bits per heavy atom. The van der Waals surface area contributed by atoms with Crippen LogP contribution < -0.4 is 32.7 Å². The Hall–Kier alpha value is -6.17. The first-order chi connectivity index (χ1) is 39.3. The summed E-state index contributed by atoms with van der Waals surface area (Å²) in [5.41, 5.74) is 7.46. The Labute approximate surface area is 494 Å². The first-order valence-corrected chi connectivity index (χ1v) is 29.9. The number of hydrogen-bond donors (Lipinski definition) is 9. The number of nitrogens with two attached hydrogens (primary N) is 2. The zero-order valence-corrected chi connectivity index (χ0v) is 50.9. The van der Waals surface area contributed by atoms with Gasteiger partial charge in [-0.15, -0.1) is 0 Å². The molecule has 23 heteroatoms. The zero-order chi connectivity index (χ0) is 63.3. The van der Waals surface area contributed by atoms with Gasteiger partial charge in [0.25, 0.3) is 0 Å². The Morgan fingerprint density at radius 2 is 1.40 bits per heavy atom. The number of nitrogens with zero attached hydrogens (tertiary/aromatic N) is 2. The number of pyridine rings is 1. The summed E-state index contributed by atoms with van der Waals surface area (Å²) in [4.78, 5) is 170. The number of β-amino-alcohol motifs (C(OH)–C–C–N with tert-alkyl or cyclic N) is 1. The molecule has 1 aliphatic carbocycles. The van der Waals surface area contributed by atoms with Gasteiger partial charge in [0.05, 0.1) is 65.1 Å². The quantitative estimate of drug-likeness (QED) is 0.0429. The van der Waals surface area contributed by atoms with Crippen molar-refractivity contribution in [2.45, 2.75) is 226 Å². The van der Waals surface area contributed by atoms with Crippen LogP contribution in [0.5, 0.6) is 0 Å². The number of likely N-dealkylation sites (tertiary alicyclic amines) is 1. The van der Waals surface area contributed by atoms with Crippen LogP contribution in [0, 0.1) is 34.5 Å². The monoisotopic (exact) mass is 1180 g/mol. The summed E-state index contributed by atoms with van der Waals surface area (Å²) in [5, 5.41) is 41.6. The van der Waals surface area contributed by atoms with E-state index in [2.05, 4.69) is 26.3 Å². The minimum Gasteiger partial charge on any atom is -0.396 e. The number of carbonyl (C=O) groups excluding carboxylic acids is 12. The summed E-state index contributed by atoms with van der Waals surface area (Å²) in [6, 6.07) is -1.47. The highest BCUT2D eigenvalue weighted by Crippen LogP contribution is 2.34. The number of hydrogen-bond acceptors (Lipinski definition) is 17. The average Bonchev–Trinajstić information content (AvgIpc) is 2.99. The first-order valence-electron chi connectivity index (χ1n) is 29.9. The maximum Gasteiger partial charge on any atom is 0.229 e. The summed E-state index contributed by atoms with van der Waals surface area (Å²) >= 11 is 0. The second-order valence-corrected chi connectivity index (χ2v) is 24.8. The van der Waals surface area contributed by atoms with E-state index in [1.807, 2.05) is 0 Å². The fourth-order valence-electron chi connectivity index (χ4n) is 11.2. The molecule has 470 valence electrons. The fourth-order valence-corrected chi connectivity index (χ4v) is 11.2. The van der Waals surface area contributed by atoms with Crippen LogP contribution in [0.3, 0.4) is 0 Å². The van der Waals surface area contributed by atoms with Gasteiger partial charge in [-0.25, -0.2) is 0 Å². The number of carbonyl (C=O) groups is 12. The minimum absolute atomic E-state index is 0.00465. The molecule has 2 fully saturated rings. The van der Waals surface area contributed by atoms with Gasteiger partial charge < -0.3 is 57.7 Å². The lowest BCUT2D eigenvalue weighted by Gasteiger charge is -2.34. The number of amides is 6. The van der Waals surface area contributed by atoms with Gasteiger partial charge in [-0.1, -0.05) is 66.7 Å². The van der Waals surface area contributed by atoms with Gasteiger partial charge in [0.2, 0.25) is 35.4 Å². The minimum atomic E-state index is -1.67. The molecular formula is C61H96N8O15. The molecule has 0 unspecified atom stereocenters. The number of nitrogens with one attached hydrogen (secondary N) is 4. The van der Waals surface area contributed by atoms with Gasteiger partial charge in [-0.3, -0.25) is 57.7 Å². The SMILES string of the molecule is CC[C@](C)(CC(=O)[C@H]1C[C@H](O)CN1C(=O)[C@H](CO)CC(C)=O)C(=O)N[C@@H](Cc1ccncc1)C(=O)C[C@@H](CC1CCCCC1)C(=O)N[C@@](C)(CC)C(=O)C[C@@H](CC(N)=O)C(=O)N[C@@H](CCCCN)C(=O)CC(C)(C)C(=O)N[C@H](C(C)=O)[C@@H](C)O. The molecule has 1 aromatic rings. The van der Waals surface area contributed by atoms with Crippen LogP contribution in [-0.4, -0.2) is 157 Å². The van der Waals surface area contributed by atoms with Gasteiger partial charge in [0.1, 0.15) is 11.8 Å². The van der Waals surface area contributed by atoms with Crippen LogP contribution >= 0.6 is 0 Å². The van der Waals surface area contributed by atoms with E-state index in [-0.39, 0.29) is 76.2 Å². The highest BCUT2D eigenvalue weighted by atomic mass is 16.3. The second-order valence-electron chi connectivity index (χ2n) is 24.8. The molecule has 6 amide bonds. The fraction of sp³-hybridized carbons (Fsp3) is 0.721. The third-order valence-electron chi connectivity index (χ3n) is 17.0. The molecule has 3 rings (SSSR count). The lowest BCUT2D eigenvalue weighted by atomic mass is 9.78. The first kappa shape index (κ1) is 72.1. The largest absolute Gasteiger partial charge is 0.396 e. The molecule has 1 aromatic heterocycles. The summed E-state index contributed by atoms with van der Waals surface area (Å²) < 4.78 is 0. The molecule has 1 saturated carbocycles. The van der Waals surface area contributed by atoms with Crippen molar-refractivity contribution in [2.75, 3.05) is 19.7 Å². The normalized spacial score (nSPS) is 19.6. The van der Waals surface area contributed by atoms with Crippen molar-refractivity contribution in [3.8, 4) is 0 Å². The van der Waals surface area contributed by atoms with Crippen molar-refractivity contribution in [3.63, 3.8) is 0 Å². The van der Waals surface area contributed by atoms with Gasteiger partial charge in [-0.2, -0.15) is 0 Å². The van der Waals surface area contributed by atoms with Gasteiger partial charge >= 0.3 is 0 Å². The summed E-state index contributed by atoms with van der Waals surface area (Å²) in [5.74, 6) is -11.1. The Morgan fingerprint density at radius 1 is 0.762 bits per heavy atom. The van der Waals surface area contributed by atoms with Gasteiger partial charge in [0, 0.05) is 69.8 Å². The molecule has 11 N–H and O–H groups in total. The predicted octanol–water partition coefficient (Wildman–Crippen LogP) is 2.37. The van der Waals surface area contributed by atoms with E-state index in [0.717, 1.165) is 37.0 Å². The second kappa shape index (κ2) is 33.5. The van der Waals surface area contributed by atoms with E-state index >= 15 is 0 Å². The maximum absolute atomic E-state index is 14.9. The Bertz CT molecular complexity index is 2480. The lowest BCUT2D eigenvalue weighted by molar-refractivity contribution is -0.145. The molecule has 2 aliphatic rings. The number of rotatable bonds is 38. The molecule has 1 saturated heterocycles. The van der Waals surface area contributed by atoms with Crippen LogP contribution in [-0.2, 0) is 64.0 Å². The number of primary amides is 1. The highest BCUT2D eigenvalue weighted by Gasteiger charge is 2.46. The van der Waals surface area contributed by atoms with E-state index in [9.17, 15) is 72.9 Å². The van der Waals surface area contributed by atoms with Gasteiger partial charge in [-0.05, 0) is 103 Å². The van der Waals surface area contributed by atoms with E-state index in [1.165, 1.54) is 53.9 Å². The molecule has 0 radical (unpaired) electrons. The van der Waals surface area contributed by atoms with E-state index in [0.29, 0.717) is 18.4 Å². The van der Waals surface area contributed by atoms with Crippen molar-refractivity contribution in [1.82, 2.24) is 31.2 Å². The van der Waals surface area contributed by atoms with Crippen molar-refractivity contribution in [3.05, 3.63) is 30.1 Å². The molecule has 23 nitrogen and oxygen atoms in total. The van der Waals surface area contributed by atoms with Crippen molar-refractivity contribution < 1.29 is 72.9 Å². The van der Waals surface area contributed by atoms with Gasteiger partial charge in [0.15, 0.2) is 28.9 Å². The van der Waals surface area contributed by atoms with Crippen LogP contribution in [0.15, 0.2) is 24.5 Å². The third kappa shape index (κ3) is 21.7. The molecule has 84 heavy (non-hydrogen) atoms. The number of ketones is 6. The number of aliphatic hydroxyl groups is 3. The van der Waals surface area contributed by atoms with Crippen LogP contribution in [0.4, 0.5) is 0 Å². The lowest BCUT2D eigenvalue weighted by Crippen LogP contribution is -2.55. The molecule has 0 spiro atoms. The molecule has 2 heterocycles. The van der Waals surface area contributed by atoms with Crippen LogP contribution in [0.25, 0.3) is 0 Å². The molecule has 1 aliphatic heterocycles. The summed E-state index contributed by atoms with van der Waals surface area (Å²) in [6.07, 6.45) is 3.62. The smallest absolute Gasteiger partial charge is 0.229 e. The molecular weight excluding hydrogens is 1080 g/mol. The number of Topliss-reactive ketones (excluding diaryl/α,β-unsaturated/α-hetero) is 6. The maximum atomic E-state index is 14.9. The zero-order valence-electron chi connectivity index (χ0n) is 50.9. The van der Waals surface area contributed by atoms with E-state index < -0.39 is 167 Å². The van der Waals surface area contributed by atoms with E-state index in [1.54, 1.807) is 32.9 Å². The number of aliphatic hydroxyl groups excluding tert-OH is 3. The number of unbranched alkanes of at least 4 members (excludes halogenated alkanes) is 1. The summed E-state index contributed by atoms with van der Waals surface area (Å²) in [7, 11) is 0. The molecule has 11 atom stereocenters. The van der Waals surface area contributed by atoms with Crippen molar-refractivity contribution in [1.29, 1.82) is 0 Å². The number of aromatic nitrogens is 1. The molecule has 0 aromatic carbocycles. The topological polar surface area (TPSA) is 382 Å². The Balaban J connectivity index is 1.93. The van der Waals surface area contributed by atoms with E-state index in [4.69, 9.17) is 11.5 Å². The van der Waals surface area contributed by atoms with Crippen LogP contribution in [0.2, 0.25) is 0 Å². The van der Waals surface area contributed by atoms with Crippen molar-refractivity contribution in [2.24, 2.45) is 46.0 Å². The Kier molecular flexibility index (Phi) is 28.8. The van der Waals surface area contributed by atoms with Crippen molar-refractivity contribution >= 4 is 70.1 Å². The third-order valence-corrected chi connectivity index (χ3v) is 17.0.